The maximum absolute atomic E-state index is 12.1. The van der Waals surface area contributed by atoms with Crippen LogP contribution in [0.15, 0.2) is 47.5 Å². The summed E-state index contributed by atoms with van der Waals surface area (Å²) in [5, 5.41) is 2.99. The van der Waals surface area contributed by atoms with Crippen LogP contribution in [0.3, 0.4) is 0 Å². The number of hydrogen-bond donors (Lipinski definition) is 2. The highest BCUT2D eigenvalue weighted by molar-refractivity contribution is 5.92. The summed E-state index contributed by atoms with van der Waals surface area (Å²) < 4.78 is 39.8. The zero-order valence-electron chi connectivity index (χ0n) is 14.0. The van der Waals surface area contributed by atoms with E-state index in [9.17, 15) is 8.78 Å². The molecule has 0 fully saturated rings. The van der Waals surface area contributed by atoms with Gasteiger partial charge in [-0.15, -0.1) is 0 Å². The molecule has 0 saturated carbocycles. The minimum absolute atomic E-state index is 0.103. The number of ether oxygens (including phenoxy) is 3. The van der Waals surface area contributed by atoms with Crippen molar-refractivity contribution < 1.29 is 23.0 Å². The molecule has 0 aliphatic carbocycles. The van der Waals surface area contributed by atoms with E-state index in [2.05, 4.69) is 15.0 Å². The topological polar surface area (TPSA) is 78.1 Å². The van der Waals surface area contributed by atoms with Gasteiger partial charge in [-0.25, -0.2) is 4.99 Å². The standard InChI is InChI=1S/C18H19F2N3O3/c19-17(20)26-14-5-2-12(3-6-14)11-22-18(21)23-13-4-7-15-16(10-13)25-9-1-8-24-15/h2-7,10,17H,1,8-9,11H2,(H3,21,22,23). The number of hydrogen-bond acceptors (Lipinski definition) is 4. The molecule has 0 atom stereocenters. The minimum atomic E-state index is -2.84. The van der Waals surface area contributed by atoms with E-state index >= 15 is 0 Å². The summed E-state index contributed by atoms with van der Waals surface area (Å²) in [7, 11) is 0. The Kier molecular flexibility index (Phi) is 5.73. The van der Waals surface area contributed by atoms with Crippen molar-refractivity contribution in [1.82, 2.24) is 0 Å². The summed E-state index contributed by atoms with van der Waals surface area (Å²) in [4.78, 5) is 4.23. The number of alkyl halides is 2. The van der Waals surface area contributed by atoms with Crippen LogP contribution >= 0.6 is 0 Å². The maximum atomic E-state index is 12.1. The molecule has 1 heterocycles. The van der Waals surface area contributed by atoms with Gasteiger partial charge in [0.15, 0.2) is 17.5 Å². The van der Waals surface area contributed by atoms with E-state index in [0.717, 1.165) is 17.7 Å². The molecule has 1 aliphatic rings. The molecule has 26 heavy (non-hydrogen) atoms. The fraction of sp³-hybridized carbons (Fsp3) is 0.278. The number of halogens is 2. The fourth-order valence-electron chi connectivity index (χ4n) is 2.38. The Balaban J connectivity index is 1.59. The van der Waals surface area contributed by atoms with Crippen molar-refractivity contribution in [2.45, 2.75) is 19.6 Å². The highest BCUT2D eigenvalue weighted by Crippen LogP contribution is 2.32. The molecule has 2 aromatic rings. The van der Waals surface area contributed by atoms with Crippen molar-refractivity contribution in [3.8, 4) is 17.2 Å². The van der Waals surface area contributed by atoms with Crippen LogP contribution in [0.5, 0.6) is 17.2 Å². The van der Waals surface area contributed by atoms with Crippen LogP contribution in [0.2, 0.25) is 0 Å². The normalized spacial score (nSPS) is 14.0. The highest BCUT2D eigenvalue weighted by atomic mass is 19.3. The quantitative estimate of drug-likeness (QED) is 0.629. The molecular weight excluding hydrogens is 344 g/mol. The number of nitrogens with one attached hydrogen (secondary N) is 1. The molecule has 0 spiro atoms. The first-order valence-corrected chi connectivity index (χ1v) is 8.10. The molecule has 6 nitrogen and oxygen atoms in total. The largest absolute Gasteiger partial charge is 0.490 e. The molecule has 3 rings (SSSR count). The van der Waals surface area contributed by atoms with E-state index in [1.165, 1.54) is 12.1 Å². The van der Waals surface area contributed by atoms with Crippen LogP contribution in [0.1, 0.15) is 12.0 Å². The van der Waals surface area contributed by atoms with Gasteiger partial charge in [0.25, 0.3) is 0 Å². The first-order valence-electron chi connectivity index (χ1n) is 8.10. The minimum Gasteiger partial charge on any atom is -0.490 e. The van der Waals surface area contributed by atoms with Gasteiger partial charge in [0.05, 0.1) is 19.8 Å². The molecule has 0 unspecified atom stereocenters. The zero-order chi connectivity index (χ0) is 18.4. The van der Waals surface area contributed by atoms with Gasteiger partial charge in [-0.05, 0) is 29.8 Å². The number of anilines is 1. The first-order chi connectivity index (χ1) is 12.6. The van der Waals surface area contributed by atoms with Crippen LogP contribution in [-0.2, 0) is 6.54 Å². The molecular formula is C18H19F2N3O3. The average Bonchev–Trinajstić information content (AvgIpc) is 2.85. The lowest BCUT2D eigenvalue weighted by atomic mass is 10.2. The predicted molar refractivity (Wildman–Crippen MR) is 94.1 cm³/mol. The van der Waals surface area contributed by atoms with E-state index in [4.69, 9.17) is 15.2 Å². The van der Waals surface area contributed by atoms with E-state index < -0.39 is 6.61 Å². The predicted octanol–water partition coefficient (Wildman–Crippen LogP) is 3.38. The third-order valence-electron chi connectivity index (χ3n) is 3.60. The van der Waals surface area contributed by atoms with Crippen LogP contribution in [0.4, 0.5) is 14.5 Å². The number of rotatable bonds is 5. The Hall–Kier alpha value is -3.03. The molecule has 1 aliphatic heterocycles. The van der Waals surface area contributed by atoms with E-state index in [-0.39, 0.29) is 11.7 Å². The molecule has 138 valence electrons. The summed E-state index contributed by atoms with van der Waals surface area (Å²) in [6, 6.07) is 11.7. The number of fused-ring (bicyclic) bond motifs is 1. The first kappa shape index (κ1) is 17.8. The van der Waals surface area contributed by atoms with Gasteiger partial charge in [-0.3, -0.25) is 0 Å². The second kappa shape index (κ2) is 8.37. The van der Waals surface area contributed by atoms with Crippen LogP contribution < -0.4 is 25.3 Å². The Labute approximate surface area is 149 Å². The Morgan fingerprint density at radius 1 is 1.12 bits per heavy atom. The smallest absolute Gasteiger partial charge is 0.387 e. The average molecular weight is 363 g/mol. The Morgan fingerprint density at radius 3 is 2.58 bits per heavy atom. The van der Waals surface area contributed by atoms with Crippen molar-refractivity contribution in [3.05, 3.63) is 48.0 Å². The summed E-state index contributed by atoms with van der Waals surface area (Å²) in [5.74, 6) is 1.70. The second-order valence-electron chi connectivity index (χ2n) is 5.56. The monoisotopic (exact) mass is 363 g/mol. The lowest BCUT2D eigenvalue weighted by Gasteiger charge is -2.11. The van der Waals surface area contributed by atoms with Crippen molar-refractivity contribution in [1.29, 1.82) is 0 Å². The second-order valence-corrected chi connectivity index (χ2v) is 5.56. The SMILES string of the molecule is NC(=NCc1ccc(OC(F)F)cc1)Nc1ccc2c(c1)OCCCO2. The van der Waals surface area contributed by atoms with Crippen LogP contribution in [-0.4, -0.2) is 25.8 Å². The third kappa shape index (κ3) is 4.98. The molecule has 3 N–H and O–H groups in total. The van der Waals surface area contributed by atoms with Gasteiger partial charge in [0.1, 0.15) is 5.75 Å². The Morgan fingerprint density at radius 2 is 1.85 bits per heavy atom. The van der Waals surface area contributed by atoms with Gasteiger partial charge < -0.3 is 25.3 Å². The summed E-state index contributed by atoms with van der Waals surface area (Å²) >= 11 is 0. The van der Waals surface area contributed by atoms with Crippen molar-refractivity contribution in [2.24, 2.45) is 10.7 Å². The number of aliphatic imine (C=N–C) groups is 1. The fourth-order valence-corrected chi connectivity index (χ4v) is 2.38. The molecule has 0 bridgehead atoms. The molecule has 0 saturated heterocycles. The van der Waals surface area contributed by atoms with Crippen molar-refractivity contribution in [3.63, 3.8) is 0 Å². The Bertz CT molecular complexity index is 767. The maximum Gasteiger partial charge on any atom is 0.387 e. The lowest BCUT2D eigenvalue weighted by molar-refractivity contribution is -0.0498. The molecule has 8 heteroatoms. The van der Waals surface area contributed by atoms with Gasteiger partial charge in [-0.1, -0.05) is 12.1 Å². The summed E-state index contributed by atoms with van der Waals surface area (Å²) in [6.45, 7) is -1.30. The van der Waals surface area contributed by atoms with Gasteiger partial charge >= 0.3 is 6.61 Å². The zero-order valence-corrected chi connectivity index (χ0v) is 14.0. The molecule has 0 amide bonds. The number of guanidine groups is 1. The van der Waals surface area contributed by atoms with E-state index in [1.54, 1.807) is 18.2 Å². The number of nitrogens with zero attached hydrogens (tertiary/aromatic N) is 1. The molecule has 2 aromatic carbocycles. The van der Waals surface area contributed by atoms with Gasteiger partial charge in [0, 0.05) is 18.2 Å². The van der Waals surface area contributed by atoms with E-state index in [0.29, 0.717) is 31.3 Å². The van der Waals surface area contributed by atoms with E-state index in [1.807, 2.05) is 12.1 Å². The summed E-state index contributed by atoms with van der Waals surface area (Å²) in [5.41, 5.74) is 7.45. The number of benzene rings is 2. The lowest BCUT2D eigenvalue weighted by Crippen LogP contribution is -2.22. The highest BCUT2D eigenvalue weighted by Gasteiger charge is 2.11. The molecule has 0 aromatic heterocycles. The number of nitrogens with two attached hydrogens (primary N) is 1. The molecule has 0 radical (unpaired) electrons. The van der Waals surface area contributed by atoms with Gasteiger partial charge in [-0.2, -0.15) is 8.78 Å². The van der Waals surface area contributed by atoms with Crippen molar-refractivity contribution >= 4 is 11.6 Å². The van der Waals surface area contributed by atoms with Crippen LogP contribution in [0, 0.1) is 0 Å². The van der Waals surface area contributed by atoms with Gasteiger partial charge in [0.2, 0.25) is 0 Å². The van der Waals surface area contributed by atoms with Crippen molar-refractivity contribution in [2.75, 3.05) is 18.5 Å². The summed E-state index contributed by atoms with van der Waals surface area (Å²) in [6.07, 6.45) is 0.835. The van der Waals surface area contributed by atoms with Crippen LogP contribution in [0.25, 0.3) is 0 Å². The third-order valence-corrected chi connectivity index (χ3v) is 3.60.